The maximum absolute atomic E-state index is 12.3. The number of esters is 2. The third-order valence-electron chi connectivity index (χ3n) is 3.50. The molecule has 0 bridgehead atoms. The molecule has 1 saturated heterocycles. The van der Waals surface area contributed by atoms with Crippen molar-refractivity contribution in [1.82, 2.24) is 4.90 Å². The number of hydrogen-bond acceptors (Lipinski definition) is 7. The van der Waals surface area contributed by atoms with E-state index in [1.165, 1.54) is 12.0 Å². The Balaban J connectivity index is 2.66. The molecule has 1 amide bonds. The summed E-state index contributed by atoms with van der Waals surface area (Å²) in [6.07, 6.45) is -0.607. The summed E-state index contributed by atoms with van der Waals surface area (Å²) in [6.45, 7) is 10.1. The largest absolute Gasteiger partial charge is 0.444 e. The Labute approximate surface area is 148 Å². The van der Waals surface area contributed by atoms with Gasteiger partial charge in [-0.25, -0.2) is 9.59 Å². The van der Waals surface area contributed by atoms with Crippen LogP contribution in [-0.2, 0) is 28.5 Å². The lowest BCUT2D eigenvalue weighted by molar-refractivity contribution is -0.175. The molecule has 0 unspecified atom stereocenters. The van der Waals surface area contributed by atoms with Gasteiger partial charge in [0.05, 0.1) is 18.1 Å². The second kappa shape index (κ2) is 8.03. The van der Waals surface area contributed by atoms with Crippen LogP contribution in [-0.4, -0.2) is 61.1 Å². The molecular formula is C17H29NO7. The number of amides is 1. The van der Waals surface area contributed by atoms with Crippen LogP contribution < -0.4 is 0 Å². The van der Waals surface area contributed by atoms with Gasteiger partial charge in [-0.05, 0) is 41.5 Å². The fourth-order valence-electron chi connectivity index (χ4n) is 2.17. The Bertz CT molecular complexity index is 504. The zero-order valence-electron chi connectivity index (χ0n) is 16.1. The van der Waals surface area contributed by atoms with E-state index < -0.39 is 41.9 Å². The van der Waals surface area contributed by atoms with Crippen LogP contribution in [0.4, 0.5) is 4.79 Å². The quantitative estimate of drug-likeness (QED) is 0.561. The highest BCUT2D eigenvalue weighted by molar-refractivity contribution is 5.82. The van der Waals surface area contributed by atoms with Crippen LogP contribution >= 0.6 is 0 Å². The zero-order valence-corrected chi connectivity index (χ0v) is 16.1. The van der Waals surface area contributed by atoms with E-state index in [-0.39, 0.29) is 12.6 Å². The average molecular weight is 359 g/mol. The molecule has 0 aliphatic carbocycles. The maximum atomic E-state index is 12.3. The molecule has 8 heteroatoms. The molecule has 1 rings (SSSR count). The Hall–Kier alpha value is -1.83. The minimum atomic E-state index is -0.840. The lowest BCUT2D eigenvalue weighted by Crippen LogP contribution is -2.44. The van der Waals surface area contributed by atoms with Crippen molar-refractivity contribution in [3.63, 3.8) is 0 Å². The smallest absolute Gasteiger partial charge is 0.411 e. The van der Waals surface area contributed by atoms with Crippen molar-refractivity contribution in [2.45, 2.75) is 65.7 Å². The molecule has 0 aromatic carbocycles. The lowest BCUT2D eigenvalue weighted by atomic mass is 9.98. The van der Waals surface area contributed by atoms with Gasteiger partial charge in [-0.3, -0.25) is 9.69 Å². The normalized spacial score (nSPS) is 21.0. The van der Waals surface area contributed by atoms with Gasteiger partial charge < -0.3 is 18.9 Å². The van der Waals surface area contributed by atoms with E-state index in [2.05, 4.69) is 0 Å². The van der Waals surface area contributed by atoms with Crippen LogP contribution in [0.2, 0.25) is 0 Å². The number of nitrogens with zero attached hydrogens (tertiary/aromatic N) is 1. The number of ether oxygens (including phenoxy) is 4. The van der Waals surface area contributed by atoms with Crippen LogP contribution in [0.3, 0.4) is 0 Å². The minimum Gasteiger partial charge on any atom is -0.444 e. The van der Waals surface area contributed by atoms with E-state index in [4.69, 9.17) is 18.9 Å². The predicted molar refractivity (Wildman–Crippen MR) is 88.6 cm³/mol. The first-order valence-electron chi connectivity index (χ1n) is 8.21. The fraction of sp³-hybridized carbons (Fsp3) is 0.824. The van der Waals surface area contributed by atoms with Gasteiger partial charge in [-0.2, -0.15) is 0 Å². The van der Waals surface area contributed by atoms with Gasteiger partial charge in [0.15, 0.2) is 0 Å². The van der Waals surface area contributed by atoms with E-state index >= 15 is 0 Å². The molecule has 0 spiro atoms. The average Bonchev–Trinajstić information content (AvgIpc) is 2.88. The predicted octanol–water partition coefficient (Wildman–Crippen LogP) is 2.10. The molecule has 8 nitrogen and oxygen atoms in total. The molecule has 0 N–H and O–H groups in total. The molecule has 25 heavy (non-hydrogen) atoms. The van der Waals surface area contributed by atoms with E-state index in [1.807, 2.05) is 0 Å². The minimum absolute atomic E-state index is 0.229. The summed E-state index contributed by atoms with van der Waals surface area (Å²) >= 11 is 0. The molecule has 1 aliphatic rings. The number of rotatable bonds is 4. The second-order valence-corrected chi connectivity index (χ2v) is 8.00. The molecule has 0 aromatic heterocycles. The van der Waals surface area contributed by atoms with Gasteiger partial charge in [0.25, 0.3) is 0 Å². The van der Waals surface area contributed by atoms with Gasteiger partial charge in [-0.1, -0.05) is 0 Å². The molecule has 144 valence electrons. The van der Waals surface area contributed by atoms with Crippen molar-refractivity contribution in [2.24, 2.45) is 5.41 Å². The van der Waals surface area contributed by atoms with E-state index in [0.29, 0.717) is 6.42 Å². The standard InChI is InChI=1S/C17H29NO7/c1-16(2,3)14(20)24-10-23-13(19)12-8-11(22-7)9-18(12)15(21)25-17(4,5)6/h11-12H,8-10H2,1-7H3/t11-,12-/m0/s1. The number of methoxy groups -OCH3 is 1. The van der Waals surface area contributed by atoms with E-state index in [9.17, 15) is 14.4 Å². The van der Waals surface area contributed by atoms with Gasteiger partial charge in [-0.15, -0.1) is 0 Å². The van der Waals surface area contributed by atoms with Gasteiger partial charge >= 0.3 is 18.0 Å². The molecule has 0 radical (unpaired) electrons. The van der Waals surface area contributed by atoms with E-state index in [1.54, 1.807) is 41.5 Å². The summed E-state index contributed by atoms with van der Waals surface area (Å²) in [5, 5.41) is 0. The van der Waals surface area contributed by atoms with Crippen LogP contribution in [0.1, 0.15) is 48.0 Å². The first kappa shape index (κ1) is 21.2. The van der Waals surface area contributed by atoms with Crippen molar-refractivity contribution in [3.05, 3.63) is 0 Å². The highest BCUT2D eigenvalue weighted by atomic mass is 16.7. The molecule has 0 saturated carbocycles. The number of likely N-dealkylation sites (tertiary alicyclic amines) is 1. The lowest BCUT2D eigenvalue weighted by Gasteiger charge is -2.27. The summed E-state index contributed by atoms with van der Waals surface area (Å²) in [7, 11) is 1.51. The van der Waals surface area contributed by atoms with Crippen molar-refractivity contribution in [1.29, 1.82) is 0 Å². The Morgan fingerprint density at radius 1 is 1.04 bits per heavy atom. The van der Waals surface area contributed by atoms with Crippen LogP contribution in [0.5, 0.6) is 0 Å². The number of carbonyl (C=O) groups excluding carboxylic acids is 3. The number of hydrogen-bond donors (Lipinski definition) is 0. The van der Waals surface area contributed by atoms with E-state index in [0.717, 1.165) is 0 Å². The molecule has 0 aromatic rings. The molecule has 1 fully saturated rings. The van der Waals surface area contributed by atoms with Crippen LogP contribution in [0.25, 0.3) is 0 Å². The molecular weight excluding hydrogens is 330 g/mol. The van der Waals surface area contributed by atoms with Gasteiger partial charge in [0, 0.05) is 13.5 Å². The van der Waals surface area contributed by atoms with Crippen LogP contribution in [0.15, 0.2) is 0 Å². The summed E-state index contributed by atoms with van der Waals surface area (Å²) in [5.41, 5.74) is -1.37. The maximum Gasteiger partial charge on any atom is 0.411 e. The fourth-order valence-corrected chi connectivity index (χ4v) is 2.17. The monoisotopic (exact) mass is 359 g/mol. The summed E-state index contributed by atoms with van der Waals surface area (Å²) in [5.74, 6) is -1.14. The first-order chi connectivity index (χ1) is 11.3. The molecule has 1 aliphatic heterocycles. The second-order valence-electron chi connectivity index (χ2n) is 8.00. The summed E-state index contributed by atoms with van der Waals surface area (Å²) in [4.78, 5) is 37.6. The third kappa shape index (κ3) is 6.53. The van der Waals surface area contributed by atoms with Gasteiger partial charge in [0.2, 0.25) is 6.79 Å². The molecule has 2 atom stereocenters. The van der Waals surface area contributed by atoms with Crippen molar-refractivity contribution >= 4 is 18.0 Å². The highest BCUT2D eigenvalue weighted by Crippen LogP contribution is 2.24. The van der Waals surface area contributed by atoms with Gasteiger partial charge in [0.1, 0.15) is 11.6 Å². The SMILES string of the molecule is CO[C@H]1C[C@@H](C(=O)OCOC(=O)C(C)(C)C)N(C(=O)OC(C)(C)C)C1. The van der Waals surface area contributed by atoms with Crippen LogP contribution in [0, 0.1) is 5.41 Å². The highest BCUT2D eigenvalue weighted by Gasteiger charge is 2.42. The number of carbonyl (C=O) groups is 3. The van der Waals surface area contributed by atoms with Crippen molar-refractivity contribution in [3.8, 4) is 0 Å². The van der Waals surface area contributed by atoms with Crippen molar-refractivity contribution < 1.29 is 33.3 Å². The summed E-state index contributed by atoms with van der Waals surface area (Å²) < 4.78 is 20.5. The molecule has 1 heterocycles. The third-order valence-corrected chi connectivity index (χ3v) is 3.50. The zero-order chi connectivity index (χ0) is 19.4. The Morgan fingerprint density at radius 3 is 2.12 bits per heavy atom. The Kier molecular flexibility index (Phi) is 6.82. The van der Waals surface area contributed by atoms with Crippen molar-refractivity contribution in [2.75, 3.05) is 20.4 Å². The first-order valence-corrected chi connectivity index (χ1v) is 8.21. The topological polar surface area (TPSA) is 91.4 Å². The Morgan fingerprint density at radius 2 is 1.64 bits per heavy atom. The summed E-state index contributed by atoms with van der Waals surface area (Å²) in [6, 6.07) is -0.840.